The molecule has 59 heavy (non-hydrogen) atoms. The minimum atomic E-state index is -4.15. The number of hydrogen-bond acceptors (Lipinski definition) is 11. The van der Waals surface area contributed by atoms with Crippen LogP contribution < -0.4 is 19.5 Å². The molecule has 1 saturated carbocycles. The molecule has 0 spiro atoms. The number of amides is 3. The van der Waals surface area contributed by atoms with Gasteiger partial charge in [0.15, 0.2) is 5.78 Å². The summed E-state index contributed by atoms with van der Waals surface area (Å²) >= 11 is 0. The van der Waals surface area contributed by atoms with Gasteiger partial charge in [0.25, 0.3) is 6.01 Å². The molecule has 1 aliphatic carbocycles. The average Bonchev–Trinajstić information content (AvgIpc) is 3.48. The number of carbonyl (C=O) groups is 4. The lowest BCUT2D eigenvalue weighted by atomic mass is 9.91. The van der Waals surface area contributed by atoms with Gasteiger partial charge in [0.05, 0.1) is 30.6 Å². The maximum Gasteiger partial charge on any atom is 0.408 e. The van der Waals surface area contributed by atoms with Crippen molar-refractivity contribution in [3.8, 4) is 23.0 Å². The van der Waals surface area contributed by atoms with E-state index in [0.29, 0.717) is 36.7 Å². The first-order chi connectivity index (χ1) is 27.8. The SMILES string of the molecule is COc1ccc(-c2cccc3c2nc(O[C@@H]2C[C@H]4C(=O)C[C@]5(C(=O)NS(=O)(=O)N(C)C)C[C@H]5/C=C\CCCCC[C@H](NC(=O)OC(C)(C)C)C(=O)N4C2)n3C(C)C)cn1. The average molecular weight is 836 g/mol. The quantitative estimate of drug-likeness (QED) is 0.265. The predicted octanol–water partition coefficient (Wildman–Crippen LogP) is 5.34. The summed E-state index contributed by atoms with van der Waals surface area (Å²) in [7, 11) is 0.0338. The molecule has 1 aromatic carbocycles. The summed E-state index contributed by atoms with van der Waals surface area (Å²) < 4.78 is 48.1. The normalized spacial score (nSPS) is 24.8. The molecule has 0 unspecified atom stereocenters. The molecule has 6 rings (SSSR count). The van der Waals surface area contributed by atoms with Crippen LogP contribution in [-0.2, 0) is 29.3 Å². The topological polar surface area (TPSA) is 191 Å². The second kappa shape index (κ2) is 17.3. The van der Waals surface area contributed by atoms with Crippen molar-refractivity contribution in [2.24, 2.45) is 11.3 Å². The standard InChI is InChI=1S/C42H57N7O9S/c1-26(2)49-32-18-14-16-30(27-19-20-35(56-8)43-24-27)36(32)45-39(49)57-29-21-33-34(50)23-42(38(52)46-59(54,55)47(6)7)22-28(42)15-12-10-9-11-13-17-31(37(51)48(33)25-29)44-40(53)58-41(3,4)5/h12,14-16,18-20,24,26,28-29,31,33H,9-11,13,17,21-23,25H2,1-8H3,(H,44,53)(H,46,52)/b15-12-/t28-,29-,31+,33+,42-/m1/s1. The number of ether oxygens (including phenoxy) is 3. The summed E-state index contributed by atoms with van der Waals surface area (Å²) in [5.74, 6) is -1.53. The monoisotopic (exact) mass is 835 g/mol. The third kappa shape index (κ3) is 9.72. The molecule has 3 aromatic rings. The van der Waals surface area contributed by atoms with Crippen LogP contribution in [0.3, 0.4) is 0 Å². The molecule has 0 bridgehead atoms. The van der Waals surface area contributed by atoms with Crippen molar-refractivity contribution in [3.05, 3.63) is 48.7 Å². The number of ketones is 1. The lowest BCUT2D eigenvalue weighted by molar-refractivity contribution is -0.140. The Bertz CT molecular complexity index is 2200. The zero-order valence-corrected chi connectivity index (χ0v) is 36.0. The molecular formula is C42H57N7O9S. The molecule has 3 aliphatic rings. The van der Waals surface area contributed by atoms with E-state index in [-0.39, 0.29) is 37.8 Å². The number of nitrogens with one attached hydrogen (secondary N) is 2. The molecule has 1 saturated heterocycles. The fourth-order valence-electron chi connectivity index (χ4n) is 7.98. The number of imidazole rings is 1. The highest BCUT2D eigenvalue weighted by atomic mass is 32.2. The summed E-state index contributed by atoms with van der Waals surface area (Å²) in [6.45, 7) is 9.22. The van der Waals surface area contributed by atoms with Gasteiger partial charge in [0.1, 0.15) is 23.3 Å². The van der Waals surface area contributed by atoms with Gasteiger partial charge in [-0.3, -0.25) is 19.0 Å². The Labute approximate surface area is 346 Å². The molecule has 2 aromatic heterocycles. The van der Waals surface area contributed by atoms with E-state index in [1.807, 2.05) is 54.8 Å². The summed E-state index contributed by atoms with van der Waals surface area (Å²) in [4.78, 5) is 67.1. The highest BCUT2D eigenvalue weighted by Gasteiger charge is 2.61. The van der Waals surface area contributed by atoms with Crippen LogP contribution in [-0.4, -0.2) is 107 Å². The van der Waals surface area contributed by atoms with Gasteiger partial charge in [0, 0.05) is 56.4 Å². The number of fused-ring (bicyclic) bond motifs is 3. The predicted molar refractivity (Wildman–Crippen MR) is 221 cm³/mol. The molecular weight excluding hydrogens is 779 g/mol. The number of para-hydroxylation sites is 1. The van der Waals surface area contributed by atoms with Gasteiger partial charge in [-0.25, -0.2) is 14.5 Å². The maximum atomic E-state index is 14.7. The fraction of sp³-hybridized carbons (Fsp3) is 0.571. The van der Waals surface area contributed by atoms with Crippen molar-refractivity contribution in [1.82, 2.24) is 33.8 Å². The second-order valence-corrected chi connectivity index (χ2v) is 19.1. The van der Waals surface area contributed by atoms with Crippen LogP contribution in [0.25, 0.3) is 22.2 Å². The number of pyridine rings is 1. The maximum absolute atomic E-state index is 14.7. The van der Waals surface area contributed by atoms with Crippen LogP contribution in [0.4, 0.5) is 4.79 Å². The number of nitrogens with zero attached hydrogens (tertiary/aromatic N) is 5. The number of carbonyl (C=O) groups excluding carboxylic acids is 4. The summed E-state index contributed by atoms with van der Waals surface area (Å²) in [5, 5.41) is 2.78. The molecule has 320 valence electrons. The zero-order valence-electron chi connectivity index (χ0n) is 35.2. The van der Waals surface area contributed by atoms with Crippen molar-refractivity contribution in [1.29, 1.82) is 0 Å². The summed E-state index contributed by atoms with van der Waals surface area (Å²) in [5.41, 5.74) is 1.02. The van der Waals surface area contributed by atoms with E-state index in [1.165, 1.54) is 19.0 Å². The third-order valence-corrected chi connectivity index (χ3v) is 12.6. The number of rotatable bonds is 9. The van der Waals surface area contributed by atoms with Crippen molar-refractivity contribution in [2.75, 3.05) is 27.7 Å². The highest BCUT2D eigenvalue weighted by Crippen LogP contribution is 2.57. The number of aromatic nitrogens is 3. The first kappa shape index (κ1) is 43.5. The van der Waals surface area contributed by atoms with Crippen LogP contribution in [0.1, 0.15) is 92.0 Å². The van der Waals surface area contributed by atoms with Gasteiger partial charge in [-0.05, 0) is 78.4 Å². The third-order valence-electron chi connectivity index (χ3n) is 11.1. The van der Waals surface area contributed by atoms with Crippen molar-refractivity contribution in [3.63, 3.8) is 0 Å². The highest BCUT2D eigenvalue weighted by molar-refractivity contribution is 7.87. The Morgan fingerprint density at radius 1 is 1.07 bits per heavy atom. The minimum absolute atomic E-state index is 0.00413. The lowest BCUT2D eigenvalue weighted by Gasteiger charge is -2.30. The number of allylic oxidation sites excluding steroid dienone is 2. The number of alkyl carbamates (subject to hydrolysis) is 1. The molecule has 17 heteroatoms. The molecule has 16 nitrogen and oxygen atoms in total. The van der Waals surface area contributed by atoms with Crippen LogP contribution >= 0.6 is 0 Å². The van der Waals surface area contributed by atoms with Gasteiger partial charge >= 0.3 is 16.3 Å². The van der Waals surface area contributed by atoms with Crippen molar-refractivity contribution in [2.45, 2.75) is 116 Å². The number of hydrogen-bond donors (Lipinski definition) is 2. The Hall–Kier alpha value is -5.03. The Balaban J connectivity index is 1.36. The fourth-order valence-corrected chi connectivity index (χ4v) is 8.60. The molecule has 5 atom stereocenters. The number of benzene rings is 1. The molecule has 2 aliphatic heterocycles. The number of methoxy groups -OCH3 is 1. The Kier molecular flexibility index (Phi) is 12.8. The van der Waals surface area contributed by atoms with Crippen LogP contribution in [0.5, 0.6) is 11.9 Å². The minimum Gasteiger partial charge on any atom is -0.481 e. The summed E-state index contributed by atoms with van der Waals surface area (Å²) in [6.07, 6.45) is 7.36. The molecule has 2 N–H and O–H groups in total. The smallest absolute Gasteiger partial charge is 0.408 e. The van der Waals surface area contributed by atoms with E-state index < -0.39 is 63.1 Å². The summed E-state index contributed by atoms with van der Waals surface area (Å²) in [6, 6.07) is 7.68. The van der Waals surface area contributed by atoms with Crippen LogP contribution in [0.2, 0.25) is 0 Å². The van der Waals surface area contributed by atoms with E-state index in [0.717, 1.165) is 33.8 Å². The van der Waals surface area contributed by atoms with Gasteiger partial charge in [0.2, 0.25) is 17.7 Å². The Morgan fingerprint density at radius 2 is 1.83 bits per heavy atom. The molecule has 2 fully saturated rings. The van der Waals surface area contributed by atoms with E-state index >= 15 is 0 Å². The first-order valence-corrected chi connectivity index (χ1v) is 21.7. The lowest BCUT2D eigenvalue weighted by Crippen LogP contribution is -2.53. The largest absolute Gasteiger partial charge is 0.481 e. The van der Waals surface area contributed by atoms with Crippen molar-refractivity contribution >= 4 is 44.9 Å². The Morgan fingerprint density at radius 3 is 2.49 bits per heavy atom. The van der Waals surface area contributed by atoms with Crippen LogP contribution in [0.15, 0.2) is 48.7 Å². The van der Waals surface area contributed by atoms with Gasteiger partial charge in [-0.1, -0.05) is 37.1 Å². The van der Waals surface area contributed by atoms with Crippen molar-refractivity contribution < 1.29 is 41.8 Å². The number of Topliss-reactive ketones (excluding diaryl/α,β-unsaturated/α-hetero) is 1. The van der Waals surface area contributed by atoms with Gasteiger partial charge < -0.3 is 24.4 Å². The zero-order chi connectivity index (χ0) is 42.9. The molecule has 3 amide bonds. The van der Waals surface area contributed by atoms with E-state index in [1.54, 1.807) is 40.1 Å². The van der Waals surface area contributed by atoms with E-state index in [9.17, 15) is 27.6 Å². The van der Waals surface area contributed by atoms with Crippen LogP contribution in [0, 0.1) is 11.3 Å². The van der Waals surface area contributed by atoms with E-state index in [2.05, 4.69) is 15.0 Å². The van der Waals surface area contributed by atoms with E-state index in [4.69, 9.17) is 19.2 Å². The molecule has 0 radical (unpaired) electrons. The second-order valence-electron chi connectivity index (χ2n) is 17.2. The molecule has 4 heterocycles. The first-order valence-electron chi connectivity index (χ1n) is 20.3. The van der Waals surface area contributed by atoms with Gasteiger partial charge in [-0.15, -0.1) is 0 Å². The van der Waals surface area contributed by atoms with Gasteiger partial charge in [-0.2, -0.15) is 17.7 Å².